The smallest absolute Gasteiger partial charge is 0.160 e. The van der Waals surface area contributed by atoms with Crippen molar-refractivity contribution in [1.29, 1.82) is 0 Å². The molecule has 0 saturated heterocycles. The van der Waals surface area contributed by atoms with E-state index in [1.165, 1.54) is 0 Å². The average molecular weight is 216 g/mol. The lowest BCUT2D eigenvalue weighted by Crippen LogP contribution is -2.25. The molecule has 0 fully saturated rings. The van der Waals surface area contributed by atoms with E-state index in [9.17, 15) is 0 Å². The van der Waals surface area contributed by atoms with E-state index in [0.29, 0.717) is 19.8 Å². The molecular formula is C12H24O3. The van der Waals surface area contributed by atoms with Crippen molar-refractivity contribution in [2.75, 3.05) is 19.8 Å². The summed E-state index contributed by atoms with van der Waals surface area (Å²) >= 11 is 0. The van der Waals surface area contributed by atoms with E-state index in [1.54, 1.807) is 0 Å². The lowest BCUT2D eigenvalue weighted by Gasteiger charge is -2.22. The second kappa shape index (κ2) is 10.1. The summed E-state index contributed by atoms with van der Waals surface area (Å²) < 4.78 is 16.5. The Hall–Kier alpha value is -0.380. The van der Waals surface area contributed by atoms with Crippen molar-refractivity contribution in [1.82, 2.24) is 0 Å². The van der Waals surface area contributed by atoms with Crippen LogP contribution in [0.15, 0.2) is 12.7 Å². The largest absolute Gasteiger partial charge is 0.378 e. The van der Waals surface area contributed by atoms with Gasteiger partial charge in [-0.05, 0) is 27.2 Å². The van der Waals surface area contributed by atoms with Crippen LogP contribution in [0.25, 0.3) is 0 Å². The van der Waals surface area contributed by atoms with Crippen molar-refractivity contribution >= 4 is 0 Å². The third-order valence-electron chi connectivity index (χ3n) is 1.99. The molecule has 0 aliphatic heterocycles. The summed E-state index contributed by atoms with van der Waals surface area (Å²) in [6.45, 7) is 11.7. The van der Waals surface area contributed by atoms with Crippen molar-refractivity contribution in [2.24, 2.45) is 0 Å². The van der Waals surface area contributed by atoms with Gasteiger partial charge in [0.15, 0.2) is 6.29 Å². The highest BCUT2D eigenvalue weighted by molar-refractivity contribution is 4.74. The topological polar surface area (TPSA) is 27.7 Å². The lowest BCUT2D eigenvalue weighted by molar-refractivity contribution is -0.156. The zero-order valence-corrected chi connectivity index (χ0v) is 10.2. The first-order valence-electron chi connectivity index (χ1n) is 5.74. The van der Waals surface area contributed by atoms with E-state index in [4.69, 9.17) is 14.2 Å². The molecule has 0 rings (SSSR count). The first-order chi connectivity index (χ1) is 7.28. The monoisotopic (exact) mass is 216 g/mol. The molecule has 0 bridgehead atoms. The summed E-state index contributed by atoms with van der Waals surface area (Å²) in [4.78, 5) is 0. The van der Waals surface area contributed by atoms with Gasteiger partial charge in [-0.2, -0.15) is 0 Å². The van der Waals surface area contributed by atoms with Crippen molar-refractivity contribution in [3.8, 4) is 0 Å². The Bertz CT molecular complexity index is 142. The molecule has 0 aromatic carbocycles. The summed E-state index contributed by atoms with van der Waals surface area (Å²) in [5.74, 6) is 0. The molecule has 15 heavy (non-hydrogen) atoms. The number of hydrogen-bond acceptors (Lipinski definition) is 3. The zero-order chi connectivity index (χ0) is 11.5. The molecule has 0 aromatic heterocycles. The van der Waals surface area contributed by atoms with Crippen LogP contribution in [0, 0.1) is 0 Å². The maximum atomic E-state index is 5.57. The van der Waals surface area contributed by atoms with Crippen LogP contribution < -0.4 is 0 Å². The minimum Gasteiger partial charge on any atom is -0.378 e. The Morgan fingerprint density at radius 3 is 1.93 bits per heavy atom. The summed E-state index contributed by atoms with van der Waals surface area (Å²) in [6, 6.07) is 0. The highest BCUT2D eigenvalue weighted by Crippen LogP contribution is 2.11. The van der Waals surface area contributed by atoms with Crippen molar-refractivity contribution < 1.29 is 14.2 Å². The van der Waals surface area contributed by atoms with Crippen LogP contribution in [0.5, 0.6) is 0 Å². The van der Waals surface area contributed by atoms with E-state index >= 15 is 0 Å². The highest BCUT2D eigenvalue weighted by atomic mass is 16.7. The van der Waals surface area contributed by atoms with Gasteiger partial charge in [-0.25, -0.2) is 0 Å². The molecule has 1 unspecified atom stereocenters. The van der Waals surface area contributed by atoms with Gasteiger partial charge >= 0.3 is 0 Å². The predicted octanol–water partition coefficient (Wildman–Crippen LogP) is 2.76. The lowest BCUT2D eigenvalue weighted by atomic mass is 10.2. The third-order valence-corrected chi connectivity index (χ3v) is 1.99. The Morgan fingerprint density at radius 2 is 1.53 bits per heavy atom. The highest BCUT2D eigenvalue weighted by Gasteiger charge is 2.15. The van der Waals surface area contributed by atoms with Gasteiger partial charge in [0.2, 0.25) is 0 Å². The molecule has 0 radical (unpaired) electrons. The van der Waals surface area contributed by atoms with Crippen LogP contribution in [-0.2, 0) is 14.2 Å². The van der Waals surface area contributed by atoms with Crippen LogP contribution in [-0.4, -0.2) is 32.2 Å². The summed E-state index contributed by atoms with van der Waals surface area (Å²) in [5, 5.41) is 0. The third kappa shape index (κ3) is 7.54. The molecule has 1 atom stereocenters. The second-order valence-electron chi connectivity index (χ2n) is 3.18. The van der Waals surface area contributed by atoms with Gasteiger partial charge < -0.3 is 14.2 Å². The van der Waals surface area contributed by atoms with Gasteiger partial charge in [-0.3, -0.25) is 0 Å². The molecule has 0 aromatic rings. The molecule has 0 amide bonds. The van der Waals surface area contributed by atoms with E-state index in [2.05, 4.69) is 6.58 Å². The van der Waals surface area contributed by atoms with Crippen molar-refractivity contribution in [3.63, 3.8) is 0 Å². The minimum atomic E-state index is -0.156. The maximum absolute atomic E-state index is 5.57. The SMILES string of the molecule is C=CCC(CC(OCC)OCC)OCC. The quantitative estimate of drug-likeness (QED) is 0.415. The molecule has 90 valence electrons. The van der Waals surface area contributed by atoms with E-state index in [0.717, 1.165) is 12.8 Å². The number of ether oxygens (including phenoxy) is 3. The number of hydrogen-bond donors (Lipinski definition) is 0. The van der Waals surface area contributed by atoms with Crippen LogP contribution in [0.3, 0.4) is 0 Å². The Labute approximate surface area is 93.4 Å². The van der Waals surface area contributed by atoms with Crippen LogP contribution in [0.2, 0.25) is 0 Å². The zero-order valence-electron chi connectivity index (χ0n) is 10.2. The summed E-state index contributed by atoms with van der Waals surface area (Å²) in [6.07, 6.45) is 3.47. The van der Waals surface area contributed by atoms with E-state index < -0.39 is 0 Å². The van der Waals surface area contributed by atoms with Crippen LogP contribution in [0.1, 0.15) is 33.6 Å². The molecular weight excluding hydrogens is 192 g/mol. The molecule has 0 heterocycles. The number of rotatable bonds is 10. The first-order valence-corrected chi connectivity index (χ1v) is 5.74. The fraction of sp³-hybridized carbons (Fsp3) is 0.833. The van der Waals surface area contributed by atoms with Gasteiger partial charge in [0, 0.05) is 26.2 Å². The molecule has 0 N–H and O–H groups in total. The van der Waals surface area contributed by atoms with Crippen molar-refractivity contribution in [2.45, 2.75) is 46.0 Å². The fourth-order valence-corrected chi connectivity index (χ4v) is 1.42. The molecule has 0 aliphatic carbocycles. The predicted molar refractivity (Wildman–Crippen MR) is 61.9 cm³/mol. The van der Waals surface area contributed by atoms with Gasteiger partial charge in [0.25, 0.3) is 0 Å². The maximum Gasteiger partial charge on any atom is 0.160 e. The normalized spacial score (nSPS) is 13.1. The Kier molecular flexibility index (Phi) is 9.89. The Morgan fingerprint density at radius 1 is 1.00 bits per heavy atom. The van der Waals surface area contributed by atoms with Gasteiger partial charge in [0.05, 0.1) is 6.10 Å². The first kappa shape index (κ1) is 14.6. The molecule has 0 saturated carbocycles. The van der Waals surface area contributed by atoms with Gasteiger partial charge in [-0.15, -0.1) is 6.58 Å². The summed E-state index contributed by atoms with van der Waals surface area (Å²) in [7, 11) is 0. The fourth-order valence-electron chi connectivity index (χ4n) is 1.42. The van der Waals surface area contributed by atoms with E-state index in [-0.39, 0.29) is 12.4 Å². The van der Waals surface area contributed by atoms with Crippen LogP contribution in [0.4, 0.5) is 0 Å². The second-order valence-corrected chi connectivity index (χ2v) is 3.18. The Balaban J connectivity index is 3.99. The van der Waals surface area contributed by atoms with Gasteiger partial charge in [0.1, 0.15) is 0 Å². The standard InChI is InChI=1S/C12H24O3/c1-5-9-11(13-6-2)10-12(14-7-3)15-8-4/h5,11-12H,1,6-10H2,2-4H3. The minimum absolute atomic E-state index is 0.149. The van der Waals surface area contributed by atoms with Crippen molar-refractivity contribution in [3.05, 3.63) is 12.7 Å². The molecule has 3 heteroatoms. The molecule has 3 nitrogen and oxygen atoms in total. The summed E-state index contributed by atoms with van der Waals surface area (Å²) in [5.41, 5.74) is 0. The molecule has 0 aliphatic rings. The average Bonchev–Trinajstić information content (AvgIpc) is 2.19. The molecule has 0 spiro atoms. The van der Waals surface area contributed by atoms with E-state index in [1.807, 2.05) is 26.8 Å². The van der Waals surface area contributed by atoms with Gasteiger partial charge in [-0.1, -0.05) is 6.08 Å². The van der Waals surface area contributed by atoms with Crippen LogP contribution >= 0.6 is 0 Å².